The molecule has 1 unspecified atom stereocenters. The van der Waals surface area contributed by atoms with Gasteiger partial charge in [0, 0.05) is 18.7 Å². The van der Waals surface area contributed by atoms with Gasteiger partial charge in [0.1, 0.15) is 0 Å². The molecule has 1 aliphatic rings. The summed E-state index contributed by atoms with van der Waals surface area (Å²) in [7, 11) is 0. The molecule has 3 N–H and O–H groups in total. The predicted molar refractivity (Wildman–Crippen MR) is 106 cm³/mol. The van der Waals surface area contributed by atoms with Crippen LogP contribution in [0.3, 0.4) is 0 Å². The molecule has 0 radical (unpaired) electrons. The number of unbranched alkanes of at least 4 members (excludes halogenated alkanes) is 1. The second-order valence-corrected chi connectivity index (χ2v) is 6.99. The van der Waals surface area contributed by atoms with E-state index in [0.717, 1.165) is 31.2 Å². The number of amides is 2. The number of carbonyl (C=O) groups excluding carboxylic acids is 2. The number of nitrogens with one attached hydrogen (secondary N) is 2. The Labute approximate surface area is 166 Å². The van der Waals surface area contributed by atoms with Crippen LogP contribution in [0.1, 0.15) is 54.9 Å². The van der Waals surface area contributed by atoms with Crippen LogP contribution in [-0.4, -0.2) is 55.4 Å². The fourth-order valence-electron chi connectivity index (χ4n) is 3.07. The van der Waals surface area contributed by atoms with Crippen molar-refractivity contribution in [2.45, 2.75) is 57.8 Å². The Kier molecular flexibility index (Phi) is 9.96. The molecule has 0 aliphatic carbocycles. The molecule has 0 fully saturated rings. The molecule has 28 heavy (non-hydrogen) atoms. The van der Waals surface area contributed by atoms with Crippen LogP contribution in [-0.2, 0) is 20.9 Å². The largest absolute Gasteiger partial charge is 0.381 e. The van der Waals surface area contributed by atoms with Crippen molar-refractivity contribution >= 4 is 11.8 Å². The van der Waals surface area contributed by atoms with E-state index in [9.17, 15) is 14.7 Å². The first-order chi connectivity index (χ1) is 13.6. The van der Waals surface area contributed by atoms with Gasteiger partial charge in [-0.1, -0.05) is 31.5 Å². The monoisotopic (exact) mass is 392 g/mol. The minimum Gasteiger partial charge on any atom is -0.381 e. The second kappa shape index (κ2) is 12.5. The Morgan fingerprint density at radius 3 is 2.86 bits per heavy atom. The molecule has 2 atom stereocenters. The van der Waals surface area contributed by atoms with Crippen molar-refractivity contribution < 1.29 is 24.2 Å². The number of carbonyl (C=O) groups is 2. The van der Waals surface area contributed by atoms with Crippen molar-refractivity contribution in [3.63, 3.8) is 0 Å². The maximum Gasteiger partial charge on any atom is 0.251 e. The molecule has 2 rings (SSSR count). The molecule has 0 saturated carbocycles. The van der Waals surface area contributed by atoms with Gasteiger partial charge in [0.05, 0.1) is 25.9 Å². The summed E-state index contributed by atoms with van der Waals surface area (Å²) in [5, 5.41) is 16.1. The quantitative estimate of drug-likeness (QED) is 0.664. The lowest BCUT2D eigenvalue weighted by molar-refractivity contribution is -0.130. The molecule has 1 aliphatic heterocycles. The topological polar surface area (TPSA) is 96.9 Å². The summed E-state index contributed by atoms with van der Waals surface area (Å²) >= 11 is 0. The minimum absolute atomic E-state index is 0.303. The average molecular weight is 392 g/mol. The van der Waals surface area contributed by atoms with E-state index in [0.29, 0.717) is 45.0 Å². The third-order valence-corrected chi connectivity index (χ3v) is 4.74. The Bertz CT molecular complexity index is 623. The predicted octanol–water partition coefficient (Wildman–Crippen LogP) is 1.78. The van der Waals surface area contributed by atoms with Gasteiger partial charge in [0.2, 0.25) is 0 Å². The molecule has 156 valence electrons. The van der Waals surface area contributed by atoms with E-state index in [1.807, 2.05) is 19.1 Å². The van der Waals surface area contributed by atoms with Crippen molar-refractivity contribution in [1.29, 1.82) is 0 Å². The molecule has 0 aromatic heterocycles. The third kappa shape index (κ3) is 7.22. The van der Waals surface area contributed by atoms with Gasteiger partial charge in [-0.15, -0.1) is 0 Å². The van der Waals surface area contributed by atoms with Crippen LogP contribution in [0.15, 0.2) is 24.3 Å². The molecule has 7 nitrogen and oxygen atoms in total. The summed E-state index contributed by atoms with van der Waals surface area (Å²) in [4.78, 5) is 25.1. The van der Waals surface area contributed by atoms with E-state index in [2.05, 4.69) is 10.6 Å². The SMILES string of the molecule is CCCCNC(=O)C(O)[C@@H]1CCCCOCCOCc2ccccc2C(=O)N1. The molecular formula is C21H32N2O5. The van der Waals surface area contributed by atoms with Gasteiger partial charge in [0.25, 0.3) is 11.8 Å². The van der Waals surface area contributed by atoms with Gasteiger partial charge in [-0.25, -0.2) is 0 Å². The minimum atomic E-state index is -1.29. The zero-order chi connectivity index (χ0) is 20.2. The molecule has 7 heteroatoms. The van der Waals surface area contributed by atoms with Gasteiger partial charge in [-0.3, -0.25) is 9.59 Å². The van der Waals surface area contributed by atoms with E-state index in [4.69, 9.17) is 9.47 Å². The van der Waals surface area contributed by atoms with Gasteiger partial charge in [-0.2, -0.15) is 0 Å². The summed E-state index contributed by atoms with van der Waals surface area (Å²) in [5.74, 6) is -0.759. The van der Waals surface area contributed by atoms with Crippen molar-refractivity contribution in [3.05, 3.63) is 35.4 Å². The highest BCUT2D eigenvalue weighted by atomic mass is 16.5. The number of fused-ring (bicyclic) bond motifs is 1. The van der Waals surface area contributed by atoms with E-state index in [1.54, 1.807) is 12.1 Å². The van der Waals surface area contributed by atoms with Crippen molar-refractivity contribution in [3.8, 4) is 0 Å². The molecule has 1 aromatic carbocycles. The van der Waals surface area contributed by atoms with Crippen LogP contribution in [0.5, 0.6) is 0 Å². The number of benzene rings is 1. The van der Waals surface area contributed by atoms with Crippen molar-refractivity contribution in [1.82, 2.24) is 10.6 Å². The summed E-state index contributed by atoms with van der Waals surface area (Å²) in [5.41, 5.74) is 1.25. The van der Waals surface area contributed by atoms with E-state index >= 15 is 0 Å². The summed E-state index contributed by atoms with van der Waals surface area (Å²) in [6.45, 7) is 4.40. The van der Waals surface area contributed by atoms with Crippen molar-refractivity contribution in [2.75, 3.05) is 26.4 Å². The third-order valence-electron chi connectivity index (χ3n) is 4.74. The fraction of sp³-hybridized carbons (Fsp3) is 0.619. The van der Waals surface area contributed by atoms with E-state index < -0.39 is 18.1 Å². The number of ether oxygens (including phenoxy) is 2. The van der Waals surface area contributed by atoms with Crippen LogP contribution in [0.4, 0.5) is 0 Å². The van der Waals surface area contributed by atoms with E-state index in [-0.39, 0.29) is 5.91 Å². The number of aliphatic hydroxyl groups is 1. The van der Waals surface area contributed by atoms with Crippen LogP contribution in [0.2, 0.25) is 0 Å². The molecule has 0 spiro atoms. The first-order valence-electron chi connectivity index (χ1n) is 10.1. The Morgan fingerprint density at radius 1 is 1.25 bits per heavy atom. The average Bonchev–Trinajstić information content (AvgIpc) is 2.71. The van der Waals surface area contributed by atoms with Crippen LogP contribution < -0.4 is 10.6 Å². The standard InChI is InChI=1S/C21H32N2O5/c1-2-3-11-22-21(26)19(24)18-10-6-7-12-27-13-14-28-15-16-8-4-5-9-17(16)20(25)23-18/h4-5,8-9,18-19,24H,2-3,6-7,10-15H2,1H3,(H,22,26)(H,23,25)/t18-,19?/m0/s1. The molecule has 1 aromatic rings. The smallest absolute Gasteiger partial charge is 0.251 e. The van der Waals surface area contributed by atoms with Crippen molar-refractivity contribution in [2.24, 2.45) is 0 Å². The number of hydrogen-bond donors (Lipinski definition) is 3. The zero-order valence-electron chi connectivity index (χ0n) is 16.6. The first-order valence-corrected chi connectivity index (χ1v) is 10.1. The summed E-state index contributed by atoms with van der Waals surface area (Å²) in [6, 6.07) is 6.54. The maximum absolute atomic E-state index is 12.8. The lowest BCUT2D eigenvalue weighted by atomic mass is 10.0. The number of rotatable bonds is 5. The normalized spacial score (nSPS) is 20.4. The first kappa shape index (κ1) is 22.3. The molecule has 0 bridgehead atoms. The van der Waals surface area contributed by atoms with Crippen LogP contribution in [0, 0.1) is 0 Å². The lowest BCUT2D eigenvalue weighted by Crippen LogP contribution is -2.51. The lowest BCUT2D eigenvalue weighted by Gasteiger charge is -2.24. The molecular weight excluding hydrogens is 360 g/mol. The second-order valence-electron chi connectivity index (χ2n) is 6.99. The molecule has 1 heterocycles. The highest BCUT2D eigenvalue weighted by molar-refractivity contribution is 5.96. The molecule has 2 amide bonds. The van der Waals surface area contributed by atoms with Crippen LogP contribution in [0.25, 0.3) is 0 Å². The number of hydrogen-bond acceptors (Lipinski definition) is 5. The Hall–Kier alpha value is -1.96. The highest BCUT2D eigenvalue weighted by Crippen LogP contribution is 2.13. The van der Waals surface area contributed by atoms with E-state index in [1.165, 1.54) is 0 Å². The number of aliphatic hydroxyl groups excluding tert-OH is 1. The maximum atomic E-state index is 12.8. The van der Waals surface area contributed by atoms with Gasteiger partial charge in [0.15, 0.2) is 6.10 Å². The zero-order valence-corrected chi connectivity index (χ0v) is 16.6. The summed E-state index contributed by atoms with van der Waals surface area (Å²) in [6.07, 6.45) is 2.52. The highest BCUT2D eigenvalue weighted by Gasteiger charge is 2.28. The van der Waals surface area contributed by atoms with Crippen LogP contribution >= 0.6 is 0 Å². The van der Waals surface area contributed by atoms with Gasteiger partial charge in [-0.05, 0) is 37.3 Å². The Balaban J connectivity index is 2.12. The molecule has 0 saturated heterocycles. The Morgan fingerprint density at radius 2 is 2.04 bits per heavy atom. The van der Waals surface area contributed by atoms with Gasteiger partial charge < -0.3 is 25.2 Å². The summed E-state index contributed by atoms with van der Waals surface area (Å²) < 4.78 is 11.1. The van der Waals surface area contributed by atoms with Gasteiger partial charge >= 0.3 is 0 Å². The fourth-order valence-corrected chi connectivity index (χ4v) is 3.07.